The molecule has 1 N–H and O–H groups in total. The van der Waals surface area contributed by atoms with E-state index in [4.69, 9.17) is 5.26 Å². The Labute approximate surface area is 165 Å². The molecule has 0 aliphatic carbocycles. The topological polar surface area (TPSA) is 85.4 Å². The highest BCUT2D eigenvalue weighted by molar-refractivity contribution is 5.92. The Morgan fingerprint density at radius 1 is 1.34 bits per heavy atom. The fourth-order valence-corrected chi connectivity index (χ4v) is 3.51. The second-order valence-electron chi connectivity index (χ2n) is 6.65. The van der Waals surface area contributed by atoms with Crippen molar-refractivity contribution in [1.29, 1.82) is 5.26 Å². The van der Waals surface area contributed by atoms with E-state index >= 15 is 0 Å². The van der Waals surface area contributed by atoms with Crippen LogP contribution in [0.3, 0.4) is 0 Å². The van der Waals surface area contributed by atoms with E-state index in [9.17, 15) is 23.1 Å². The number of carbonyl (C=O) groups is 1. The molecule has 1 aliphatic heterocycles. The Bertz CT molecular complexity index is 935. The lowest BCUT2D eigenvalue weighted by atomic mass is 10.0. The molecule has 29 heavy (non-hydrogen) atoms. The number of benzene rings is 1. The number of aliphatic hydroxyl groups is 1. The zero-order valence-electron chi connectivity index (χ0n) is 15.7. The fourth-order valence-electron chi connectivity index (χ4n) is 3.51. The molecule has 2 aromatic rings. The van der Waals surface area contributed by atoms with Crippen molar-refractivity contribution in [2.24, 2.45) is 0 Å². The minimum absolute atomic E-state index is 0.158. The van der Waals surface area contributed by atoms with E-state index in [2.05, 4.69) is 5.10 Å². The Balaban J connectivity index is 1.84. The Hall–Kier alpha value is -3.06. The highest BCUT2D eigenvalue weighted by atomic mass is 19.4. The molecule has 1 aliphatic rings. The number of nitrogens with zero attached hydrogens (tertiary/aromatic N) is 5. The highest BCUT2D eigenvalue weighted by Crippen LogP contribution is 2.35. The molecular formula is C19H20F3N5O2. The quantitative estimate of drug-likeness (QED) is 0.839. The summed E-state index contributed by atoms with van der Waals surface area (Å²) in [4.78, 5) is 16.0. The van der Waals surface area contributed by atoms with Crippen LogP contribution in [0.1, 0.15) is 28.5 Å². The molecule has 1 aromatic carbocycles. The molecule has 0 saturated carbocycles. The number of halogens is 3. The Morgan fingerprint density at radius 3 is 2.72 bits per heavy atom. The molecule has 1 fully saturated rings. The summed E-state index contributed by atoms with van der Waals surface area (Å²) in [5.41, 5.74) is -0.792. The van der Waals surface area contributed by atoms with Crippen molar-refractivity contribution in [2.45, 2.75) is 25.7 Å². The maximum Gasteiger partial charge on any atom is 0.417 e. The van der Waals surface area contributed by atoms with Crippen molar-refractivity contribution >= 4 is 11.6 Å². The van der Waals surface area contributed by atoms with Gasteiger partial charge in [-0.05, 0) is 31.2 Å². The first-order valence-corrected chi connectivity index (χ1v) is 9.10. The number of nitriles is 1. The van der Waals surface area contributed by atoms with Gasteiger partial charge in [0.1, 0.15) is 5.69 Å². The number of alkyl halides is 3. The van der Waals surface area contributed by atoms with Crippen LogP contribution in [0, 0.1) is 11.3 Å². The van der Waals surface area contributed by atoms with Gasteiger partial charge in [0, 0.05) is 38.1 Å². The largest absolute Gasteiger partial charge is 0.417 e. The smallest absolute Gasteiger partial charge is 0.394 e. The molecular weight excluding hydrogens is 387 g/mol. The highest BCUT2D eigenvalue weighted by Gasteiger charge is 2.36. The van der Waals surface area contributed by atoms with E-state index in [-0.39, 0.29) is 37.8 Å². The number of hydrogen-bond donors (Lipinski definition) is 1. The van der Waals surface area contributed by atoms with E-state index in [0.717, 1.165) is 12.1 Å². The van der Waals surface area contributed by atoms with Crippen LogP contribution in [0.25, 0.3) is 0 Å². The maximum absolute atomic E-state index is 13.3. The number of rotatable bonds is 4. The van der Waals surface area contributed by atoms with Gasteiger partial charge >= 0.3 is 6.18 Å². The molecule has 7 nitrogen and oxygen atoms in total. The van der Waals surface area contributed by atoms with Crippen molar-refractivity contribution in [3.8, 4) is 6.07 Å². The Kier molecular flexibility index (Phi) is 5.79. The van der Waals surface area contributed by atoms with Gasteiger partial charge in [0.05, 0.1) is 29.8 Å². The van der Waals surface area contributed by atoms with Crippen LogP contribution in [0.4, 0.5) is 18.9 Å². The lowest BCUT2D eigenvalue weighted by Gasteiger charge is -2.42. The summed E-state index contributed by atoms with van der Waals surface area (Å²) in [6, 6.07) is 6.08. The van der Waals surface area contributed by atoms with Crippen molar-refractivity contribution in [3.63, 3.8) is 0 Å². The van der Waals surface area contributed by atoms with E-state index in [1.165, 1.54) is 12.3 Å². The zero-order valence-corrected chi connectivity index (χ0v) is 15.7. The van der Waals surface area contributed by atoms with Crippen molar-refractivity contribution in [3.05, 3.63) is 47.3 Å². The molecule has 10 heteroatoms. The van der Waals surface area contributed by atoms with Gasteiger partial charge in [-0.3, -0.25) is 9.48 Å². The fraction of sp³-hybridized carbons (Fsp3) is 0.421. The first-order valence-electron chi connectivity index (χ1n) is 9.10. The lowest BCUT2D eigenvalue weighted by Crippen LogP contribution is -2.56. The minimum atomic E-state index is -4.66. The predicted octanol–water partition coefficient (Wildman–Crippen LogP) is 2.12. The van der Waals surface area contributed by atoms with Crippen LogP contribution in [-0.4, -0.2) is 58.0 Å². The van der Waals surface area contributed by atoms with Crippen molar-refractivity contribution < 1.29 is 23.1 Å². The van der Waals surface area contributed by atoms with Crippen molar-refractivity contribution in [1.82, 2.24) is 14.7 Å². The minimum Gasteiger partial charge on any atom is -0.394 e. The average molecular weight is 407 g/mol. The molecule has 2 heterocycles. The first-order chi connectivity index (χ1) is 13.8. The van der Waals surface area contributed by atoms with Gasteiger partial charge in [-0.2, -0.15) is 23.5 Å². The van der Waals surface area contributed by atoms with E-state index in [1.54, 1.807) is 26.6 Å². The molecule has 0 radical (unpaired) electrons. The van der Waals surface area contributed by atoms with Crippen LogP contribution in [0.2, 0.25) is 0 Å². The number of amides is 1. The molecule has 0 spiro atoms. The predicted molar refractivity (Wildman–Crippen MR) is 98.2 cm³/mol. The lowest BCUT2D eigenvalue weighted by molar-refractivity contribution is -0.137. The van der Waals surface area contributed by atoms with Gasteiger partial charge in [-0.15, -0.1) is 0 Å². The molecule has 1 saturated heterocycles. The molecule has 1 unspecified atom stereocenters. The maximum atomic E-state index is 13.3. The van der Waals surface area contributed by atoms with Crippen LogP contribution >= 0.6 is 0 Å². The molecule has 1 aromatic heterocycles. The molecule has 0 bridgehead atoms. The number of aryl methyl sites for hydroxylation is 1. The van der Waals surface area contributed by atoms with E-state index < -0.39 is 23.3 Å². The number of aromatic nitrogens is 2. The third kappa shape index (κ3) is 4.05. The van der Waals surface area contributed by atoms with E-state index in [1.807, 2.05) is 6.92 Å². The summed E-state index contributed by atoms with van der Waals surface area (Å²) in [5.74, 6) is -0.238. The summed E-state index contributed by atoms with van der Waals surface area (Å²) in [5, 5.41) is 22.8. The second-order valence-corrected chi connectivity index (χ2v) is 6.65. The SMILES string of the molecule is CCn1nccc1C(=O)N1CCN(c2ccc(C#N)c(C(F)(F)F)c2)C(CO)C1. The number of hydrogen-bond acceptors (Lipinski definition) is 5. The number of carbonyl (C=O) groups excluding carboxylic acids is 1. The zero-order chi connectivity index (χ0) is 21.2. The number of aliphatic hydroxyl groups excluding tert-OH is 1. The third-order valence-electron chi connectivity index (χ3n) is 4.98. The van der Waals surface area contributed by atoms with Crippen LogP contribution in [0.15, 0.2) is 30.5 Å². The molecule has 1 atom stereocenters. The van der Waals surface area contributed by atoms with Gasteiger partial charge in [0.15, 0.2) is 0 Å². The molecule has 154 valence electrons. The number of piperazine rings is 1. The summed E-state index contributed by atoms with van der Waals surface area (Å²) in [7, 11) is 0. The van der Waals surface area contributed by atoms with Crippen LogP contribution in [-0.2, 0) is 12.7 Å². The summed E-state index contributed by atoms with van der Waals surface area (Å²) in [6.07, 6.45) is -3.13. The van der Waals surface area contributed by atoms with Crippen molar-refractivity contribution in [2.75, 3.05) is 31.1 Å². The second kappa shape index (κ2) is 8.13. The monoisotopic (exact) mass is 407 g/mol. The van der Waals surface area contributed by atoms with Gasteiger partial charge in [0.2, 0.25) is 0 Å². The molecule has 1 amide bonds. The molecule has 3 rings (SSSR count). The summed E-state index contributed by atoms with van der Waals surface area (Å²) >= 11 is 0. The summed E-state index contributed by atoms with van der Waals surface area (Å²) in [6.45, 7) is 2.75. The Morgan fingerprint density at radius 2 is 2.10 bits per heavy atom. The van der Waals surface area contributed by atoms with Crippen LogP contribution in [0.5, 0.6) is 0 Å². The normalized spacial score (nSPS) is 17.3. The van der Waals surface area contributed by atoms with Gasteiger partial charge < -0.3 is 14.9 Å². The van der Waals surface area contributed by atoms with Crippen LogP contribution < -0.4 is 4.90 Å². The third-order valence-corrected chi connectivity index (χ3v) is 4.98. The standard InChI is InChI=1S/C19H20F3N5O2/c1-2-27-17(5-6-24-27)18(29)25-7-8-26(15(11-25)12-28)14-4-3-13(10-23)16(9-14)19(20,21)22/h3-6,9,15,28H,2,7-8,11-12H2,1H3. The van der Waals surface area contributed by atoms with Gasteiger partial charge in [-0.25, -0.2) is 0 Å². The first kappa shape index (κ1) is 20.7. The van der Waals surface area contributed by atoms with Gasteiger partial charge in [0.25, 0.3) is 5.91 Å². The summed E-state index contributed by atoms with van der Waals surface area (Å²) < 4.78 is 41.4. The van der Waals surface area contributed by atoms with Gasteiger partial charge in [-0.1, -0.05) is 0 Å². The average Bonchev–Trinajstić information content (AvgIpc) is 3.20. The number of anilines is 1. The van der Waals surface area contributed by atoms with E-state index in [0.29, 0.717) is 12.2 Å².